The van der Waals surface area contributed by atoms with E-state index >= 15 is 0 Å². The summed E-state index contributed by atoms with van der Waals surface area (Å²) in [6, 6.07) is -0.951. The number of nitrogens with zero attached hydrogens (tertiary/aromatic N) is 2. The van der Waals surface area contributed by atoms with Crippen LogP contribution < -0.4 is 11.1 Å². The molecule has 134 valence electrons. The molecule has 9 nitrogen and oxygen atoms in total. The quantitative estimate of drug-likeness (QED) is 0.364. The molecule has 3 atom stereocenters. The van der Waals surface area contributed by atoms with Gasteiger partial charge in [0.25, 0.3) is 17.6 Å². The first-order chi connectivity index (χ1) is 11.3. The summed E-state index contributed by atoms with van der Waals surface area (Å²) in [6.07, 6.45) is 1.47. The van der Waals surface area contributed by atoms with Gasteiger partial charge >= 0.3 is 5.97 Å². The number of nitrogens with two attached hydrogens (primary N) is 1. The first kappa shape index (κ1) is 19.2. The predicted octanol–water partition coefficient (Wildman–Crippen LogP) is 0.0867. The predicted molar refractivity (Wildman–Crippen MR) is 93.4 cm³/mol. The van der Waals surface area contributed by atoms with Gasteiger partial charge in [-0.2, -0.15) is 0 Å². The molecule has 1 aromatic rings. The molecule has 0 spiro atoms. The summed E-state index contributed by atoms with van der Waals surface area (Å²) in [6.45, 7) is 1.79. The number of thioether (sulfide) groups is 1. The van der Waals surface area contributed by atoms with E-state index in [9.17, 15) is 24.3 Å². The van der Waals surface area contributed by atoms with Gasteiger partial charge in [0.05, 0.1) is 0 Å². The van der Waals surface area contributed by atoms with Gasteiger partial charge in [-0.1, -0.05) is 0 Å². The Morgan fingerprint density at radius 2 is 2.08 bits per heavy atom. The zero-order valence-corrected chi connectivity index (χ0v) is 15.1. The smallest absolute Gasteiger partial charge is 0.352 e. The fourth-order valence-electron chi connectivity index (χ4n) is 2.44. The number of rotatable bonds is 4. The van der Waals surface area contributed by atoms with Gasteiger partial charge in [0.1, 0.15) is 22.8 Å². The summed E-state index contributed by atoms with van der Waals surface area (Å²) in [5.41, 5.74) is 5.22. The van der Waals surface area contributed by atoms with Crippen LogP contribution in [0.1, 0.15) is 17.4 Å². The number of anilines is 1. The maximum absolute atomic E-state index is 12.2. The highest BCUT2D eigenvalue weighted by molar-refractivity contribution is 8.00. The van der Waals surface area contributed by atoms with Gasteiger partial charge in [0.2, 0.25) is 0 Å². The zero-order chi connectivity index (χ0) is 17.6. The fraction of sp³-hybridized carbons (Fsp3) is 0.308. The first-order valence-corrected chi connectivity index (χ1v) is 8.61. The number of fused-ring (bicyclic) bond motifs is 1. The van der Waals surface area contributed by atoms with Crippen LogP contribution in [0.4, 0.5) is 5.13 Å². The molecule has 2 unspecified atom stereocenters. The third-order valence-corrected chi connectivity index (χ3v) is 5.52. The highest BCUT2D eigenvalue weighted by atomic mass is 35.5. The molecule has 0 aliphatic carbocycles. The van der Waals surface area contributed by atoms with E-state index in [0.29, 0.717) is 0 Å². The number of aromatic nitrogens is 1. The maximum atomic E-state index is 12.2. The molecule has 0 saturated carbocycles. The summed E-state index contributed by atoms with van der Waals surface area (Å²) >= 11 is 2.35. The number of carboxylic acid groups (broad SMARTS) is 1. The molecule has 0 radical (unpaired) electrons. The summed E-state index contributed by atoms with van der Waals surface area (Å²) in [4.78, 5) is 52.2. The third-order valence-electron chi connectivity index (χ3n) is 3.52. The van der Waals surface area contributed by atoms with Crippen molar-refractivity contribution in [2.45, 2.75) is 23.6 Å². The zero-order valence-electron chi connectivity index (χ0n) is 12.7. The van der Waals surface area contributed by atoms with Crippen molar-refractivity contribution >= 4 is 64.2 Å². The lowest BCUT2D eigenvalue weighted by Crippen LogP contribution is -2.71. The number of carbonyl (C=O) groups is 4. The Morgan fingerprint density at radius 1 is 1.40 bits per heavy atom. The number of hydrogen-bond acceptors (Lipinski definition) is 8. The molecule has 1 saturated heterocycles. The number of aliphatic carboxylic acids is 1. The molecule has 2 amide bonds. The lowest BCUT2D eigenvalue weighted by molar-refractivity contribution is -0.150. The van der Waals surface area contributed by atoms with Gasteiger partial charge in [0.15, 0.2) is 5.13 Å². The van der Waals surface area contributed by atoms with Crippen molar-refractivity contribution in [3.05, 3.63) is 22.8 Å². The van der Waals surface area contributed by atoms with Gasteiger partial charge in [-0.15, -0.1) is 35.5 Å². The lowest BCUT2D eigenvalue weighted by atomic mass is 10.0. The molecule has 12 heteroatoms. The van der Waals surface area contributed by atoms with E-state index in [1.54, 1.807) is 6.92 Å². The molecule has 0 bridgehead atoms. The SMILES string of the molecule is CC1C=C(C(=O)O)N2C(=O)C(NC(=O)C(=O)c3csc(N)n3)[C@@H]2S1.Cl. The van der Waals surface area contributed by atoms with E-state index in [1.165, 1.54) is 23.2 Å². The Kier molecular flexibility index (Phi) is 5.40. The van der Waals surface area contributed by atoms with E-state index in [0.717, 1.165) is 16.2 Å². The molecule has 2 aliphatic heterocycles. The Bertz CT molecular complexity index is 795. The van der Waals surface area contributed by atoms with Crippen molar-refractivity contribution in [2.75, 3.05) is 5.73 Å². The van der Waals surface area contributed by atoms with Crippen molar-refractivity contribution in [3.63, 3.8) is 0 Å². The molecule has 1 aromatic heterocycles. The summed E-state index contributed by atoms with van der Waals surface area (Å²) in [5, 5.41) is 12.3. The second kappa shape index (κ2) is 7.02. The average Bonchev–Trinajstić information content (AvgIpc) is 2.96. The van der Waals surface area contributed by atoms with Crippen LogP contribution in [0.25, 0.3) is 0 Å². The molecule has 0 aromatic carbocycles. The Hall–Kier alpha value is -2.11. The van der Waals surface area contributed by atoms with Crippen LogP contribution in [0.2, 0.25) is 0 Å². The molecule has 3 rings (SSSR count). The number of hydrogen-bond donors (Lipinski definition) is 3. The standard InChI is InChI=1S/C13H12N4O5S2.ClH/c1-4-2-6(12(21)22)17-10(20)7(11(17)24-4)16-9(19)8(18)5-3-23-13(14)15-5;/h2-4,7,11H,1H3,(H2,14,15)(H,16,19)(H,21,22);1H/t4?,7?,11-;/m0./s1. The van der Waals surface area contributed by atoms with Crippen molar-refractivity contribution in [3.8, 4) is 0 Å². The van der Waals surface area contributed by atoms with Gasteiger partial charge in [0, 0.05) is 10.6 Å². The van der Waals surface area contributed by atoms with Gasteiger partial charge in [-0.25, -0.2) is 9.78 Å². The van der Waals surface area contributed by atoms with Crippen molar-refractivity contribution in [1.29, 1.82) is 0 Å². The van der Waals surface area contributed by atoms with E-state index in [-0.39, 0.29) is 34.2 Å². The van der Waals surface area contributed by atoms with Crippen LogP contribution >= 0.6 is 35.5 Å². The molecular weight excluding hydrogens is 392 g/mol. The average molecular weight is 405 g/mol. The molecule has 3 heterocycles. The molecule has 4 N–H and O–H groups in total. The van der Waals surface area contributed by atoms with Crippen molar-refractivity contribution < 1.29 is 24.3 Å². The number of halogens is 1. The number of thiazole rings is 1. The topological polar surface area (TPSA) is 143 Å². The Morgan fingerprint density at radius 3 is 2.64 bits per heavy atom. The van der Waals surface area contributed by atoms with Crippen molar-refractivity contribution in [2.24, 2.45) is 0 Å². The largest absolute Gasteiger partial charge is 0.477 e. The summed E-state index contributed by atoms with van der Waals surface area (Å²) < 4.78 is 0. The van der Waals surface area contributed by atoms with Gasteiger partial charge < -0.3 is 16.2 Å². The molecule has 25 heavy (non-hydrogen) atoms. The van der Waals surface area contributed by atoms with Crippen LogP contribution in [-0.2, 0) is 14.4 Å². The number of amides is 2. The maximum Gasteiger partial charge on any atom is 0.352 e. The normalized spacial score (nSPS) is 24.4. The van der Waals surface area contributed by atoms with Gasteiger partial charge in [-0.05, 0) is 13.0 Å². The number of ketones is 1. The van der Waals surface area contributed by atoms with Gasteiger partial charge in [-0.3, -0.25) is 19.3 Å². The van der Waals surface area contributed by atoms with E-state index < -0.39 is 35.0 Å². The minimum atomic E-state index is -1.21. The minimum Gasteiger partial charge on any atom is -0.477 e. The highest BCUT2D eigenvalue weighted by Crippen LogP contribution is 2.40. The van der Waals surface area contributed by atoms with Crippen LogP contribution in [-0.4, -0.2) is 55.2 Å². The Labute approximate surface area is 156 Å². The van der Waals surface area contributed by atoms with E-state index in [2.05, 4.69) is 10.3 Å². The molecular formula is C13H13ClN4O5S2. The number of nitrogen functional groups attached to an aromatic ring is 1. The molecule has 2 aliphatic rings. The number of nitrogens with one attached hydrogen (secondary N) is 1. The first-order valence-electron chi connectivity index (χ1n) is 6.79. The van der Waals surface area contributed by atoms with Crippen LogP contribution in [0.15, 0.2) is 17.2 Å². The third kappa shape index (κ3) is 3.34. The van der Waals surface area contributed by atoms with Crippen LogP contribution in [0.3, 0.4) is 0 Å². The summed E-state index contributed by atoms with van der Waals surface area (Å²) in [5.74, 6) is -3.64. The fourth-order valence-corrected chi connectivity index (χ4v) is 4.31. The second-order valence-electron chi connectivity index (χ2n) is 5.15. The van der Waals surface area contributed by atoms with E-state index in [1.807, 2.05) is 0 Å². The number of carbonyl (C=O) groups excluding carboxylic acids is 3. The monoisotopic (exact) mass is 404 g/mol. The lowest BCUT2D eigenvalue weighted by Gasteiger charge is -2.49. The molecule has 1 fully saturated rings. The van der Waals surface area contributed by atoms with Crippen LogP contribution in [0, 0.1) is 0 Å². The Balaban J connectivity index is 0.00000225. The number of Topliss-reactive ketones (excluding diaryl/α,β-unsaturated/α-hetero) is 1. The number of carboxylic acids is 1. The summed E-state index contributed by atoms with van der Waals surface area (Å²) in [7, 11) is 0. The number of β-lactam (4-membered cyclic amide) rings is 1. The van der Waals surface area contributed by atoms with E-state index in [4.69, 9.17) is 5.73 Å². The van der Waals surface area contributed by atoms with Crippen molar-refractivity contribution in [1.82, 2.24) is 15.2 Å². The minimum absolute atomic E-state index is 0. The highest BCUT2D eigenvalue weighted by Gasteiger charge is 2.54. The second-order valence-corrected chi connectivity index (χ2v) is 7.54. The van der Waals surface area contributed by atoms with Crippen LogP contribution in [0.5, 0.6) is 0 Å².